The van der Waals surface area contributed by atoms with Crippen LogP contribution in [0, 0.1) is 18.3 Å². The van der Waals surface area contributed by atoms with Crippen molar-refractivity contribution >= 4 is 0 Å². The topological polar surface area (TPSA) is 36.3 Å². The number of likely N-dealkylation sites (N-methyl/N-ethyl adjacent to an activating group) is 1. The Morgan fingerprint density at radius 1 is 1.09 bits per heavy atom. The molecule has 0 heterocycles. The highest BCUT2D eigenvalue weighted by Gasteiger charge is 2.16. The number of benzene rings is 2. The van der Waals surface area contributed by atoms with E-state index in [2.05, 4.69) is 37.3 Å². The van der Waals surface area contributed by atoms with Crippen LogP contribution in [-0.2, 0) is 4.74 Å². The first-order chi connectivity index (χ1) is 10.7. The molecular weight excluding hydrogens is 272 g/mol. The van der Waals surface area contributed by atoms with Gasteiger partial charge in [-0.1, -0.05) is 54.6 Å². The van der Waals surface area contributed by atoms with Crippen LogP contribution in [0.25, 0.3) is 0 Å². The number of rotatable bonds is 7. The molecule has 0 spiro atoms. The molecule has 2 aromatic carbocycles. The largest absolute Gasteiger partial charge is 0.367 e. The molecule has 1 atom stereocenters. The van der Waals surface area contributed by atoms with Crippen LogP contribution in [-0.4, -0.2) is 31.6 Å². The molecule has 1 unspecified atom stereocenters. The van der Waals surface area contributed by atoms with Gasteiger partial charge >= 0.3 is 0 Å². The fraction of sp³-hybridized carbons (Fsp3) is 0.316. The third kappa shape index (κ3) is 4.42. The molecular formula is C19H22N2O. The molecule has 0 aromatic heterocycles. The predicted molar refractivity (Wildman–Crippen MR) is 88.5 cm³/mol. The second-order valence-electron chi connectivity index (χ2n) is 5.41. The van der Waals surface area contributed by atoms with Crippen LogP contribution >= 0.6 is 0 Å². The van der Waals surface area contributed by atoms with Gasteiger partial charge in [0.15, 0.2) is 0 Å². The van der Waals surface area contributed by atoms with Crippen LogP contribution in [0.15, 0.2) is 54.6 Å². The summed E-state index contributed by atoms with van der Waals surface area (Å²) in [5.41, 5.74) is 3.57. The second-order valence-corrected chi connectivity index (χ2v) is 5.41. The Hall–Kier alpha value is -2.15. The standard InChI is InChI=1S/C19H22N2O/c1-16-8-6-7-11-18(16)19(17-9-4-3-5-10-17)22-15-14-21(2)13-12-20/h3-11,19H,13-15H2,1-2H3. The summed E-state index contributed by atoms with van der Waals surface area (Å²) in [6.07, 6.45) is -0.0714. The Morgan fingerprint density at radius 3 is 2.45 bits per heavy atom. The van der Waals surface area contributed by atoms with E-state index in [1.54, 1.807) is 0 Å². The molecule has 0 fully saturated rings. The van der Waals surface area contributed by atoms with E-state index in [4.69, 9.17) is 10.00 Å². The van der Waals surface area contributed by atoms with Crippen LogP contribution < -0.4 is 0 Å². The van der Waals surface area contributed by atoms with Crippen molar-refractivity contribution in [1.82, 2.24) is 4.90 Å². The second kappa shape index (κ2) is 8.33. The van der Waals surface area contributed by atoms with E-state index >= 15 is 0 Å². The van der Waals surface area contributed by atoms with Crippen molar-refractivity contribution in [2.24, 2.45) is 0 Å². The summed E-state index contributed by atoms with van der Waals surface area (Å²) in [6, 6.07) is 20.7. The monoisotopic (exact) mass is 294 g/mol. The van der Waals surface area contributed by atoms with Gasteiger partial charge in [0, 0.05) is 6.54 Å². The lowest BCUT2D eigenvalue weighted by Crippen LogP contribution is -2.24. The summed E-state index contributed by atoms with van der Waals surface area (Å²) in [5.74, 6) is 0. The van der Waals surface area contributed by atoms with Gasteiger partial charge < -0.3 is 4.74 Å². The normalized spacial score (nSPS) is 12.1. The Labute approximate surface area is 132 Å². The number of nitrogens with zero attached hydrogens (tertiary/aromatic N) is 2. The summed E-state index contributed by atoms with van der Waals surface area (Å²) >= 11 is 0. The highest BCUT2D eigenvalue weighted by molar-refractivity contribution is 5.35. The molecule has 3 nitrogen and oxygen atoms in total. The minimum absolute atomic E-state index is 0.0714. The van der Waals surface area contributed by atoms with Gasteiger partial charge in [0.1, 0.15) is 6.10 Å². The fourth-order valence-electron chi connectivity index (χ4n) is 2.40. The highest BCUT2D eigenvalue weighted by atomic mass is 16.5. The Kier molecular flexibility index (Phi) is 6.14. The molecule has 0 radical (unpaired) electrons. The summed E-state index contributed by atoms with van der Waals surface area (Å²) in [5, 5.41) is 8.71. The summed E-state index contributed by atoms with van der Waals surface area (Å²) in [4.78, 5) is 1.96. The number of hydrogen-bond acceptors (Lipinski definition) is 3. The van der Waals surface area contributed by atoms with Crippen molar-refractivity contribution in [2.75, 3.05) is 26.7 Å². The summed E-state index contributed by atoms with van der Waals surface area (Å²) in [6.45, 7) is 3.86. The van der Waals surface area contributed by atoms with E-state index in [0.29, 0.717) is 13.2 Å². The van der Waals surface area contributed by atoms with Gasteiger partial charge in [-0.2, -0.15) is 5.26 Å². The highest BCUT2D eigenvalue weighted by Crippen LogP contribution is 2.28. The van der Waals surface area contributed by atoms with E-state index in [1.807, 2.05) is 42.3 Å². The molecule has 0 amide bonds. The van der Waals surface area contributed by atoms with Crippen molar-refractivity contribution in [2.45, 2.75) is 13.0 Å². The van der Waals surface area contributed by atoms with Gasteiger partial charge in [0.2, 0.25) is 0 Å². The molecule has 22 heavy (non-hydrogen) atoms. The molecule has 2 rings (SSSR count). The van der Waals surface area contributed by atoms with Crippen LogP contribution in [0.5, 0.6) is 0 Å². The van der Waals surface area contributed by atoms with Crippen LogP contribution in [0.4, 0.5) is 0 Å². The minimum atomic E-state index is -0.0714. The van der Waals surface area contributed by atoms with Gasteiger partial charge in [-0.05, 0) is 30.7 Å². The molecule has 114 valence electrons. The zero-order valence-electron chi connectivity index (χ0n) is 13.2. The zero-order chi connectivity index (χ0) is 15.8. The van der Waals surface area contributed by atoms with Gasteiger partial charge in [-0.15, -0.1) is 0 Å². The molecule has 0 aliphatic carbocycles. The van der Waals surface area contributed by atoms with Crippen LogP contribution in [0.3, 0.4) is 0 Å². The fourth-order valence-corrected chi connectivity index (χ4v) is 2.40. The molecule has 0 N–H and O–H groups in total. The summed E-state index contributed by atoms with van der Waals surface area (Å²) < 4.78 is 6.16. The Bertz CT molecular complexity index is 619. The first kappa shape index (κ1) is 16.2. The van der Waals surface area contributed by atoms with Crippen molar-refractivity contribution in [3.63, 3.8) is 0 Å². The number of ether oxygens (including phenoxy) is 1. The third-order valence-corrected chi connectivity index (χ3v) is 3.67. The van der Waals surface area contributed by atoms with Crippen molar-refractivity contribution in [3.8, 4) is 6.07 Å². The molecule has 0 aliphatic rings. The van der Waals surface area contributed by atoms with Gasteiger partial charge in [0.05, 0.1) is 19.2 Å². The first-order valence-corrected chi connectivity index (χ1v) is 7.50. The Balaban J connectivity index is 2.14. The van der Waals surface area contributed by atoms with E-state index in [-0.39, 0.29) is 6.10 Å². The third-order valence-electron chi connectivity index (χ3n) is 3.67. The molecule has 0 bridgehead atoms. The first-order valence-electron chi connectivity index (χ1n) is 7.50. The molecule has 0 aliphatic heterocycles. The molecule has 3 heteroatoms. The average Bonchev–Trinajstić information content (AvgIpc) is 2.54. The van der Waals surface area contributed by atoms with Crippen LogP contribution in [0.2, 0.25) is 0 Å². The SMILES string of the molecule is Cc1ccccc1C(OCCN(C)CC#N)c1ccccc1. The van der Waals surface area contributed by atoms with E-state index < -0.39 is 0 Å². The van der Waals surface area contributed by atoms with Crippen molar-refractivity contribution < 1.29 is 4.74 Å². The number of aryl methyl sites for hydroxylation is 1. The summed E-state index contributed by atoms with van der Waals surface area (Å²) in [7, 11) is 1.93. The maximum absolute atomic E-state index is 8.71. The number of nitriles is 1. The maximum atomic E-state index is 8.71. The molecule has 0 saturated carbocycles. The van der Waals surface area contributed by atoms with E-state index in [0.717, 1.165) is 12.1 Å². The number of hydrogen-bond donors (Lipinski definition) is 0. The van der Waals surface area contributed by atoms with Crippen molar-refractivity contribution in [1.29, 1.82) is 5.26 Å². The van der Waals surface area contributed by atoms with Crippen LogP contribution in [0.1, 0.15) is 22.8 Å². The molecule has 2 aromatic rings. The van der Waals surface area contributed by atoms with Crippen molar-refractivity contribution in [3.05, 3.63) is 71.3 Å². The Morgan fingerprint density at radius 2 is 1.77 bits per heavy atom. The average molecular weight is 294 g/mol. The van der Waals surface area contributed by atoms with Gasteiger partial charge in [0.25, 0.3) is 0 Å². The zero-order valence-corrected chi connectivity index (χ0v) is 13.2. The lowest BCUT2D eigenvalue weighted by atomic mass is 9.97. The predicted octanol–water partition coefficient (Wildman–Crippen LogP) is 3.56. The molecule has 0 saturated heterocycles. The smallest absolute Gasteiger partial charge is 0.108 e. The van der Waals surface area contributed by atoms with E-state index in [1.165, 1.54) is 11.1 Å². The van der Waals surface area contributed by atoms with E-state index in [9.17, 15) is 0 Å². The quantitative estimate of drug-likeness (QED) is 0.733. The lowest BCUT2D eigenvalue weighted by Gasteiger charge is -2.22. The maximum Gasteiger partial charge on any atom is 0.108 e. The lowest BCUT2D eigenvalue weighted by molar-refractivity contribution is 0.0665. The van der Waals surface area contributed by atoms with Gasteiger partial charge in [-0.25, -0.2) is 0 Å². The minimum Gasteiger partial charge on any atom is -0.367 e. The van der Waals surface area contributed by atoms with Gasteiger partial charge in [-0.3, -0.25) is 4.90 Å².